The van der Waals surface area contributed by atoms with E-state index in [1.165, 1.54) is 23.8 Å². The molecule has 0 radical (unpaired) electrons. The predicted molar refractivity (Wildman–Crippen MR) is 144 cm³/mol. The fourth-order valence-electron chi connectivity index (χ4n) is 4.62. The summed E-state index contributed by atoms with van der Waals surface area (Å²) in [7, 11) is 1.51. The molecule has 7 nitrogen and oxygen atoms in total. The van der Waals surface area contributed by atoms with Gasteiger partial charge in [-0.1, -0.05) is 84.6 Å². The summed E-state index contributed by atoms with van der Waals surface area (Å²) in [5, 5.41) is 4.84. The largest absolute Gasteiger partial charge is 0.368 e. The van der Waals surface area contributed by atoms with Crippen molar-refractivity contribution < 1.29 is 19.1 Å². The van der Waals surface area contributed by atoms with Crippen molar-refractivity contribution in [1.29, 1.82) is 0 Å². The van der Waals surface area contributed by atoms with Crippen LogP contribution in [0.4, 0.5) is 5.69 Å². The Labute approximate surface area is 218 Å². The van der Waals surface area contributed by atoms with Crippen LogP contribution in [-0.4, -0.2) is 37.4 Å². The zero-order valence-corrected chi connectivity index (χ0v) is 20.9. The van der Waals surface area contributed by atoms with Crippen LogP contribution in [0.2, 0.25) is 0 Å². The summed E-state index contributed by atoms with van der Waals surface area (Å²) in [5.74, 6) is -1.61. The molecule has 1 aliphatic rings. The number of fused-ring (bicyclic) bond motifs is 2. The predicted octanol–water partition coefficient (Wildman–Crippen LogP) is 4.06. The molecule has 0 spiro atoms. The molecule has 4 aromatic rings. The summed E-state index contributed by atoms with van der Waals surface area (Å²) in [6.45, 7) is -0.340. The minimum atomic E-state index is -1.33. The second-order valence-electron chi connectivity index (χ2n) is 8.67. The number of amides is 3. The molecule has 186 valence electrons. The van der Waals surface area contributed by atoms with Crippen molar-refractivity contribution in [3.8, 4) is 0 Å². The quantitative estimate of drug-likeness (QED) is 0.407. The molecular formula is C29H25N3O4S. The lowest BCUT2D eigenvalue weighted by molar-refractivity contribution is -0.127. The van der Waals surface area contributed by atoms with Gasteiger partial charge in [-0.15, -0.1) is 0 Å². The molecule has 0 fully saturated rings. The fraction of sp³-hybridized carbons (Fsp3) is 0.138. The average Bonchev–Trinajstić information content (AvgIpc) is 3.02. The molecule has 2 unspecified atom stereocenters. The second-order valence-corrected chi connectivity index (χ2v) is 9.92. The van der Waals surface area contributed by atoms with Gasteiger partial charge in [-0.05, 0) is 40.6 Å². The summed E-state index contributed by atoms with van der Waals surface area (Å²) >= 11 is 1.31. The third kappa shape index (κ3) is 4.57. The van der Waals surface area contributed by atoms with E-state index < -0.39 is 28.7 Å². The minimum Gasteiger partial charge on any atom is -0.368 e. The van der Waals surface area contributed by atoms with Crippen LogP contribution in [0.5, 0.6) is 0 Å². The first-order valence-corrected chi connectivity index (χ1v) is 12.5. The van der Waals surface area contributed by atoms with Gasteiger partial charge in [0.15, 0.2) is 11.0 Å². The number of carbonyl (C=O) groups is 3. The third-order valence-corrected chi connectivity index (χ3v) is 7.90. The van der Waals surface area contributed by atoms with E-state index in [-0.39, 0.29) is 6.54 Å². The Morgan fingerprint density at radius 3 is 2.35 bits per heavy atom. The van der Waals surface area contributed by atoms with Crippen LogP contribution in [0.3, 0.4) is 0 Å². The highest BCUT2D eigenvalue weighted by molar-refractivity contribution is 8.00. The number of hydrogen-bond donors (Lipinski definition) is 2. The van der Waals surface area contributed by atoms with Crippen LogP contribution < -0.4 is 16.0 Å². The van der Waals surface area contributed by atoms with E-state index in [4.69, 9.17) is 10.5 Å². The van der Waals surface area contributed by atoms with Crippen LogP contribution in [-0.2, 0) is 19.3 Å². The van der Waals surface area contributed by atoms with Crippen molar-refractivity contribution in [1.82, 2.24) is 5.32 Å². The Hall–Kier alpha value is -4.14. The molecule has 8 heteroatoms. The number of primary amides is 1. The highest BCUT2D eigenvalue weighted by Gasteiger charge is 2.51. The van der Waals surface area contributed by atoms with Crippen LogP contribution in [0.15, 0.2) is 102 Å². The van der Waals surface area contributed by atoms with E-state index >= 15 is 0 Å². The number of anilines is 1. The zero-order chi connectivity index (χ0) is 26.0. The first-order chi connectivity index (χ1) is 17.9. The molecule has 3 N–H and O–H groups in total. The smallest absolute Gasteiger partial charge is 0.254 e. The second kappa shape index (κ2) is 10.1. The number of carbonyl (C=O) groups excluding carboxylic acids is 3. The molecule has 0 aromatic heterocycles. The number of hydrogen-bond acceptors (Lipinski definition) is 5. The van der Waals surface area contributed by atoms with Gasteiger partial charge in [0.1, 0.15) is 6.54 Å². The van der Waals surface area contributed by atoms with Gasteiger partial charge in [-0.3, -0.25) is 19.3 Å². The van der Waals surface area contributed by atoms with E-state index in [1.54, 1.807) is 24.3 Å². The van der Waals surface area contributed by atoms with E-state index in [0.29, 0.717) is 21.7 Å². The van der Waals surface area contributed by atoms with Crippen molar-refractivity contribution in [3.63, 3.8) is 0 Å². The summed E-state index contributed by atoms with van der Waals surface area (Å²) < 4.78 is 6.13. The molecule has 0 aliphatic carbocycles. The number of ether oxygens (including phenoxy) is 1. The van der Waals surface area contributed by atoms with Crippen LogP contribution in [0, 0.1) is 0 Å². The molecule has 5 rings (SSSR count). The summed E-state index contributed by atoms with van der Waals surface area (Å²) in [6, 6.07) is 28.4. The Kier molecular flexibility index (Phi) is 6.69. The maximum Gasteiger partial charge on any atom is 0.254 e. The monoisotopic (exact) mass is 511 g/mol. The first kappa shape index (κ1) is 24.5. The number of thioether (sulfide) groups is 1. The Bertz CT molecular complexity index is 1490. The normalized spacial score (nSPS) is 19.2. The number of nitrogens with zero attached hydrogens (tertiary/aromatic N) is 1. The van der Waals surface area contributed by atoms with Crippen molar-refractivity contribution in [2.45, 2.75) is 15.9 Å². The Morgan fingerprint density at radius 1 is 0.946 bits per heavy atom. The summed E-state index contributed by atoms with van der Waals surface area (Å²) in [6.07, 6.45) is 0. The summed E-state index contributed by atoms with van der Waals surface area (Å²) in [4.78, 5) is 40.5. The number of para-hydroxylation sites is 1. The standard InChI is InChI=1S/C29H25N3O4S/c1-36-29(22-11-3-2-4-12-22)26(31-27(34)21-16-15-19-9-5-6-10-20(19)17-21)28(35)32(18-25(30)33)23-13-7-8-14-24(23)37-29/h2-17,26H,18H2,1H3,(H2,30,33)(H,31,34). The molecule has 4 aromatic carbocycles. The topological polar surface area (TPSA) is 102 Å². The van der Waals surface area contributed by atoms with Crippen LogP contribution in [0.25, 0.3) is 10.8 Å². The number of nitrogens with one attached hydrogen (secondary N) is 1. The van der Waals surface area contributed by atoms with Crippen LogP contribution >= 0.6 is 11.8 Å². The molecule has 37 heavy (non-hydrogen) atoms. The Balaban J connectivity index is 1.64. The van der Waals surface area contributed by atoms with Gasteiger partial charge in [0.05, 0.1) is 5.69 Å². The van der Waals surface area contributed by atoms with Gasteiger partial charge in [0.25, 0.3) is 11.8 Å². The van der Waals surface area contributed by atoms with Gasteiger partial charge in [0.2, 0.25) is 5.91 Å². The highest BCUT2D eigenvalue weighted by Crippen LogP contribution is 2.50. The van der Waals surface area contributed by atoms with E-state index in [2.05, 4.69) is 5.32 Å². The van der Waals surface area contributed by atoms with Gasteiger partial charge >= 0.3 is 0 Å². The molecule has 1 aliphatic heterocycles. The van der Waals surface area contributed by atoms with Crippen molar-refractivity contribution in [3.05, 3.63) is 108 Å². The lowest BCUT2D eigenvalue weighted by Gasteiger charge is -2.38. The van der Waals surface area contributed by atoms with E-state index in [9.17, 15) is 14.4 Å². The third-order valence-electron chi connectivity index (χ3n) is 6.39. The Morgan fingerprint density at radius 2 is 1.62 bits per heavy atom. The first-order valence-electron chi connectivity index (χ1n) is 11.7. The van der Waals surface area contributed by atoms with Crippen molar-refractivity contribution >= 4 is 45.9 Å². The van der Waals surface area contributed by atoms with Gasteiger partial charge in [0, 0.05) is 17.6 Å². The minimum absolute atomic E-state index is 0.340. The van der Waals surface area contributed by atoms with Crippen molar-refractivity contribution in [2.24, 2.45) is 5.73 Å². The molecular weight excluding hydrogens is 486 g/mol. The van der Waals surface area contributed by atoms with E-state index in [1.807, 2.05) is 72.8 Å². The van der Waals surface area contributed by atoms with Crippen molar-refractivity contribution in [2.75, 3.05) is 18.6 Å². The van der Waals surface area contributed by atoms with Gasteiger partial charge in [-0.2, -0.15) is 0 Å². The zero-order valence-electron chi connectivity index (χ0n) is 20.1. The maximum atomic E-state index is 14.2. The molecule has 3 amide bonds. The molecule has 0 bridgehead atoms. The maximum absolute atomic E-state index is 14.2. The highest BCUT2D eigenvalue weighted by atomic mass is 32.2. The molecule has 0 saturated carbocycles. The average molecular weight is 512 g/mol. The molecule has 1 heterocycles. The fourth-order valence-corrected chi connectivity index (χ4v) is 5.99. The lowest BCUT2D eigenvalue weighted by atomic mass is 9.98. The van der Waals surface area contributed by atoms with E-state index in [0.717, 1.165) is 10.8 Å². The number of rotatable bonds is 6. The molecule has 0 saturated heterocycles. The number of benzene rings is 4. The summed E-state index contributed by atoms with van der Waals surface area (Å²) in [5.41, 5.74) is 7.15. The SMILES string of the molecule is COC1(c2ccccc2)Sc2ccccc2N(CC(N)=O)C(=O)C1NC(=O)c1ccc2ccccc2c1. The van der Waals surface area contributed by atoms with Crippen LogP contribution in [0.1, 0.15) is 15.9 Å². The van der Waals surface area contributed by atoms with Gasteiger partial charge in [-0.25, -0.2) is 0 Å². The lowest BCUT2D eigenvalue weighted by Crippen LogP contribution is -2.58. The molecule has 2 atom stereocenters. The van der Waals surface area contributed by atoms with Gasteiger partial charge < -0.3 is 15.8 Å². The number of nitrogens with two attached hydrogens (primary N) is 1. The number of methoxy groups -OCH3 is 1.